The molecule has 254 valence electrons. The number of benzene rings is 4. The highest BCUT2D eigenvalue weighted by Crippen LogP contribution is 2.43. The number of rotatable bonds is 11. The van der Waals surface area contributed by atoms with E-state index in [1.165, 1.54) is 46.1 Å². The van der Waals surface area contributed by atoms with Crippen LogP contribution in [0, 0.1) is 19.7 Å². The van der Waals surface area contributed by atoms with Crippen LogP contribution in [0.25, 0.3) is 44.4 Å². The molecule has 7 aromatic rings. The van der Waals surface area contributed by atoms with Crippen LogP contribution in [0.3, 0.4) is 0 Å². The summed E-state index contributed by atoms with van der Waals surface area (Å²) in [6.07, 6.45) is 10.3. The molecule has 0 aliphatic carbocycles. The third-order valence-electron chi connectivity index (χ3n) is 10.0. The molecule has 0 aliphatic heterocycles. The van der Waals surface area contributed by atoms with Crippen molar-refractivity contribution in [3.05, 3.63) is 132 Å². The smallest absolute Gasteiger partial charge is 0.140 e. The SMILES string of the molecule is CCCC(C)c1c(C)cc(C)c([C@H](C)CCC)c1-c1cnn(-c2cccc(Oc3ccc4c5ccccc5n(-c5cc(F)ccn5)c4c3)c2)c1. The van der Waals surface area contributed by atoms with E-state index in [1.807, 2.05) is 64.0 Å². The van der Waals surface area contributed by atoms with Crippen LogP contribution in [0.2, 0.25) is 0 Å². The average molecular weight is 665 g/mol. The Balaban J connectivity index is 1.26. The lowest BCUT2D eigenvalue weighted by atomic mass is 9.78. The number of halogens is 1. The largest absolute Gasteiger partial charge is 0.457 e. The van der Waals surface area contributed by atoms with E-state index in [4.69, 9.17) is 9.84 Å². The van der Waals surface area contributed by atoms with Crippen molar-refractivity contribution in [3.63, 3.8) is 0 Å². The van der Waals surface area contributed by atoms with E-state index in [2.05, 4.69) is 77.0 Å². The molecule has 0 saturated carbocycles. The third kappa shape index (κ3) is 6.19. The third-order valence-corrected chi connectivity index (χ3v) is 10.0. The zero-order valence-corrected chi connectivity index (χ0v) is 29.9. The van der Waals surface area contributed by atoms with Gasteiger partial charge in [-0.05, 0) is 103 Å². The van der Waals surface area contributed by atoms with E-state index < -0.39 is 0 Å². The van der Waals surface area contributed by atoms with Gasteiger partial charge >= 0.3 is 0 Å². The van der Waals surface area contributed by atoms with Gasteiger partial charge in [-0.25, -0.2) is 14.1 Å². The number of aromatic nitrogens is 4. The van der Waals surface area contributed by atoms with Gasteiger partial charge in [-0.2, -0.15) is 5.10 Å². The van der Waals surface area contributed by atoms with Crippen molar-refractivity contribution in [2.24, 2.45) is 0 Å². The number of fused-ring (bicyclic) bond motifs is 3. The van der Waals surface area contributed by atoms with Crippen LogP contribution < -0.4 is 4.74 Å². The van der Waals surface area contributed by atoms with E-state index in [0.29, 0.717) is 29.2 Å². The summed E-state index contributed by atoms with van der Waals surface area (Å²) >= 11 is 0. The molecule has 0 bridgehead atoms. The number of nitrogens with zero attached hydrogens (tertiary/aromatic N) is 4. The Kier molecular flexibility index (Phi) is 9.28. The monoisotopic (exact) mass is 664 g/mol. The Morgan fingerprint density at radius 2 is 1.44 bits per heavy atom. The minimum Gasteiger partial charge on any atom is -0.457 e. The maximum absolute atomic E-state index is 14.3. The van der Waals surface area contributed by atoms with Crippen molar-refractivity contribution < 1.29 is 9.13 Å². The lowest BCUT2D eigenvalue weighted by molar-refractivity contribution is 0.483. The van der Waals surface area contributed by atoms with Gasteiger partial charge in [0.05, 0.1) is 22.9 Å². The Hall–Kier alpha value is -5.23. The standard InChI is InChI=1S/C44H45FN4O/c1-7-12-28(3)42-30(5)22-31(6)43(29(4)13-8-2)44(42)32-26-47-48(27-32)34-14-11-15-35(24-34)50-36-18-19-38-37-16-9-10-17-39(37)49(40(38)25-36)41-23-33(45)20-21-46-41/h9-11,14-29H,7-8,12-13H2,1-6H3/t28-,29?/m1/s1. The van der Waals surface area contributed by atoms with Gasteiger partial charge < -0.3 is 4.74 Å². The molecule has 0 aliphatic rings. The van der Waals surface area contributed by atoms with E-state index in [9.17, 15) is 4.39 Å². The van der Waals surface area contributed by atoms with Crippen LogP contribution in [0.15, 0.2) is 104 Å². The summed E-state index contributed by atoms with van der Waals surface area (Å²) in [7, 11) is 0. The lowest BCUT2D eigenvalue weighted by Gasteiger charge is -2.26. The first-order valence-electron chi connectivity index (χ1n) is 17.9. The minimum atomic E-state index is -0.331. The first kappa shape index (κ1) is 33.3. The number of para-hydroxylation sites is 1. The number of hydrogen-bond acceptors (Lipinski definition) is 3. The van der Waals surface area contributed by atoms with Gasteiger partial charge in [-0.15, -0.1) is 0 Å². The summed E-state index contributed by atoms with van der Waals surface area (Å²) < 4.78 is 24.8. The van der Waals surface area contributed by atoms with Crippen LogP contribution in [-0.4, -0.2) is 19.3 Å². The van der Waals surface area contributed by atoms with Crippen molar-refractivity contribution >= 4 is 21.8 Å². The first-order chi connectivity index (χ1) is 24.3. The normalized spacial score (nSPS) is 12.9. The molecule has 0 fully saturated rings. The number of ether oxygens (including phenoxy) is 1. The van der Waals surface area contributed by atoms with Gasteiger partial charge in [0.25, 0.3) is 0 Å². The number of hydrogen-bond donors (Lipinski definition) is 0. The van der Waals surface area contributed by atoms with Gasteiger partial charge in [0.15, 0.2) is 0 Å². The minimum absolute atomic E-state index is 0.331. The molecule has 0 saturated heterocycles. The topological polar surface area (TPSA) is 44.9 Å². The second-order valence-corrected chi connectivity index (χ2v) is 13.7. The number of pyridine rings is 1. The molecule has 0 radical (unpaired) electrons. The summed E-state index contributed by atoms with van der Waals surface area (Å²) in [5.41, 5.74) is 10.9. The van der Waals surface area contributed by atoms with Crippen LogP contribution in [0.4, 0.5) is 4.39 Å². The molecule has 3 heterocycles. The van der Waals surface area contributed by atoms with Crippen LogP contribution in [0.1, 0.15) is 87.5 Å². The molecule has 50 heavy (non-hydrogen) atoms. The Morgan fingerprint density at radius 3 is 2.16 bits per heavy atom. The highest BCUT2D eigenvalue weighted by molar-refractivity contribution is 6.09. The quantitative estimate of drug-likeness (QED) is 0.138. The Labute approximate surface area is 294 Å². The summed E-state index contributed by atoms with van der Waals surface area (Å²) in [4.78, 5) is 4.50. The van der Waals surface area contributed by atoms with Crippen molar-refractivity contribution in [2.75, 3.05) is 0 Å². The van der Waals surface area contributed by atoms with E-state index >= 15 is 0 Å². The van der Waals surface area contributed by atoms with Crippen LogP contribution in [-0.2, 0) is 0 Å². The highest BCUT2D eigenvalue weighted by atomic mass is 19.1. The predicted octanol–water partition coefficient (Wildman–Crippen LogP) is 12.4. The molecule has 5 nitrogen and oxygen atoms in total. The van der Waals surface area contributed by atoms with Crippen molar-refractivity contribution in [3.8, 4) is 34.1 Å². The molecule has 3 aromatic heterocycles. The lowest BCUT2D eigenvalue weighted by Crippen LogP contribution is -2.08. The molecule has 0 spiro atoms. The Morgan fingerprint density at radius 1 is 0.740 bits per heavy atom. The molecule has 1 unspecified atom stereocenters. The predicted molar refractivity (Wildman–Crippen MR) is 204 cm³/mol. The van der Waals surface area contributed by atoms with Gasteiger partial charge in [-0.3, -0.25) is 4.57 Å². The molecule has 0 amide bonds. The van der Waals surface area contributed by atoms with Crippen molar-refractivity contribution in [1.82, 2.24) is 19.3 Å². The molecule has 0 N–H and O–H groups in total. The molecule has 6 heteroatoms. The summed E-state index contributed by atoms with van der Waals surface area (Å²) in [6, 6.07) is 27.4. The summed E-state index contributed by atoms with van der Waals surface area (Å²) in [5, 5.41) is 7.02. The van der Waals surface area contributed by atoms with Gasteiger partial charge in [0, 0.05) is 46.9 Å². The van der Waals surface area contributed by atoms with E-state index in [1.54, 1.807) is 0 Å². The van der Waals surface area contributed by atoms with Gasteiger partial charge in [0.1, 0.15) is 23.1 Å². The fraction of sp³-hybridized carbons (Fsp3) is 0.273. The van der Waals surface area contributed by atoms with Crippen LogP contribution >= 0.6 is 0 Å². The first-order valence-corrected chi connectivity index (χ1v) is 17.9. The second kappa shape index (κ2) is 13.9. The zero-order chi connectivity index (χ0) is 34.9. The van der Waals surface area contributed by atoms with E-state index in [-0.39, 0.29) is 5.82 Å². The number of aryl methyl sites for hydroxylation is 2. The molecule has 4 aromatic carbocycles. The Bertz CT molecular complexity index is 2280. The summed E-state index contributed by atoms with van der Waals surface area (Å²) in [5.74, 6) is 2.48. The van der Waals surface area contributed by atoms with Crippen molar-refractivity contribution in [2.45, 2.75) is 79.1 Å². The molecule has 2 atom stereocenters. The molecular weight excluding hydrogens is 620 g/mol. The zero-order valence-electron chi connectivity index (χ0n) is 29.9. The fourth-order valence-electron chi connectivity index (χ4n) is 7.95. The van der Waals surface area contributed by atoms with Crippen LogP contribution in [0.5, 0.6) is 11.5 Å². The molecular formula is C44H45FN4O. The van der Waals surface area contributed by atoms with Gasteiger partial charge in [-0.1, -0.05) is 70.9 Å². The summed E-state index contributed by atoms with van der Waals surface area (Å²) in [6.45, 7) is 13.8. The van der Waals surface area contributed by atoms with Crippen molar-refractivity contribution in [1.29, 1.82) is 0 Å². The van der Waals surface area contributed by atoms with Gasteiger partial charge in [0.2, 0.25) is 0 Å². The maximum atomic E-state index is 14.3. The fourth-order valence-corrected chi connectivity index (χ4v) is 7.95. The molecule has 7 rings (SSSR count). The van der Waals surface area contributed by atoms with E-state index in [0.717, 1.165) is 58.7 Å². The maximum Gasteiger partial charge on any atom is 0.140 e. The average Bonchev–Trinajstić information content (AvgIpc) is 3.71. The second-order valence-electron chi connectivity index (χ2n) is 13.7. The highest BCUT2D eigenvalue weighted by Gasteiger charge is 2.24.